The number of carbonyl (C=O) groups excluding carboxylic acids is 1. The molecule has 4 nitrogen and oxygen atoms in total. The maximum Gasteiger partial charge on any atom is 0.410 e. The molecule has 18 heavy (non-hydrogen) atoms. The molecule has 1 saturated heterocycles. The minimum Gasteiger partial charge on any atom is -0.444 e. The standard InChI is InChI=1S/C14H26N2O2/c1-10-8-12(10)15-9-11-6-5-7-16(11)13(17)18-14(2,3)4/h10-12,15H,5-9H2,1-4H3. The fourth-order valence-corrected chi connectivity index (χ4v) is 2.50. The molecule has 1 amide bonds. The van der Waals surface area contributed by atoms with Crippen molar-refractivity contribution in [2.45, 2.75) is 64.6 Å². The summed E-state index contributed by atoms with van der Waals surface area (Å²) in [6, 6.07) is 0.985. The molecule has 1 aliphatic heterocycles. The summed E-state index contributed by atoms with van der Waals surface area (Å²) < 4.78 is 5.45. The van der Waals surface area contributed by atoms with Gasteiger partial charge in [-0.3, -0.25) is 0 Å². The van der Waals surface area contributed by atoms with Gasteiger partial charge in [-0.1, -0.05) is 6.92 Å². The number of hydrogen-bond donors (Lipinski definition) is 1. The molecule has 0 aromatic rings. The Morgan fingerprint density at radius 2 is 2.11 bits per heavy atom. The van der Waals surface area contributed by atoms with Crippen LogP contribution in [0.25, 0.3) is 0 Å². The second-order valence-electron chi connectivity index (χ2n) is 6.70. The third-order valence-corrected chi connectivity index (χ3v) is 3.73. The zero-order chi connectivity index (χ0) is 13.3. The number of ether oxygens (including phenoxy) is 1. The minimum absolute atomic E-state index is 0.157. The van der Waals surface area contributed by atoms with Gasteiger partial charge in [-0.25, -0.2) is 4.79 Å². The van der Waals surface area contributed by atoms with Crippen LogP contribution in [0.4, 0.5) is 4.79 Å². The molecule has 3 unspecified atom stereocenters. The molecule has 1 N–H and O–H groups in total. The van der Waals surface area contributed by atoms with E-state index in [1.807, 2.05) is 25.7 Å². The summed E-state index contributed by atoms with van der Waals surface area (Å²) in [5, 5.41) is 3.55. The average Bonchev–Trinajstić information content (AvgIpc) is 2.77. The number of likely N-dealkylation sites (tertiary alicyclic amines) is 1. The Morgan fingerprint density at radius 3 is 2.67 bits per heavy atom. The average molecular weight is 254 g/mol. The van der Waals surface area contributed by atoms with Crippen LogP contribution in [0.5, 0.6) is 0 Å². The summed E-state index contributed by atoms with van der Waals surface area (Å²) in [6.45, 7) is 9.76. The van der Waals surface area contributed by atoms with Gasteiger partial charge in [0.2, 0.25) is 0 Å². The van der Waals surface area contributed by atoms with Crippen LogP contribution in [0.15, 0.2) is 0 Å². The molecule has 1 heterocycles. The summed E-state index contributed by atoms with van der Waals surface area (Å²) >= 11 is 0. The van der Waals surface area contributed by atoms with E-state index < -0.39 is 5.60 Å². The number of rotatable bonds is 3. The second kappa shape index (κ2) is 5.08. The molecule has 4 heteroatoms. The Kier molecular flexibility index (Phi) is 3.85. The van der Waals surface area contributed by atoms with Gasteiger partial charge in [0, 0.05) is 25.2 Å². The lowest BCUT2D eigenvalue weighted by Crippen LogP contribution is -2.44. The van der Waals surface area contributed by atoms with Crippen molar-refractivity contribution in [3.8, 4) is 0 Å². The van der Waals surface area contributed by atoms with E-state index >= 15 is 0 Å². The predicted octanol–water partition coefficient (Wildman–Crippen LogP) is 2.38. The first-order chi connectivity index (χ1) is 8.37. The van der Waals surface area contributed by atoms with Crippen LogP contribution in [0, 0.1) is 5.92 Å². The first-order valence-corrected chi connectivity index (χ1v) is 7.10. The van der Waals surface area contributed by atoms with E-state index in [-0.39, 0.29) is 6.09 Å². The van der Waals surface area contributed by atoms with Crippen LogP contribution in [-0.4, -0.2) is 41.8 Å². The Hall–Kier alpha value is -0.770. The fourth-order valence-electron chi connectivity index (χ4n) is 2.50. The molecule has 0 aromatic heterocycles. The van der Waals surface area contributed by atoms with Crippen molar-refractivity contribution in [2.75, 3.05) is 13.1 Å². The Labute approximate surface area is 110 Å². The molecule has 0 radical (unpaired) electrons. The summed E-state index contributed by atoms with van der Waals surface area (Å²) in [7, 11) is 0. The fraction of sp³-hybridized carbons (Fsp3) is 0.929. The zero-order valence-electron chi connectivity index (χ0n) is 12.0. The molecular formula is C14H26N2O2. The van der Waals surface area contributed by atoms with Crippen LogP contribution in [-0.2, 0) is 4.74 Å². The highest BCUT2D eigenvalue weighted by Crippen LogP contribution is 2.29. The van der Waals surface area contributed by atoms with Crippen molar-refractivity contribution in [3.63, 3.8) is 0 Å². The highest BCUT2D eigenvalue weighted by Gasteiger charge is 2.36. The van der Waals surface area contributed by atoms with Crippen molar-refractivity contribution in [3.05, 3.63) is 0 Å². The van der Waals surface area contributed by atoms with Gasteiger partial charge in [0.25, 0.3) is 0 Å². The normalized spacial score (nSPS) is 31.6. The minimum atomic E-state index is -0.400. The van der Waals surface area contributed by atoms with E-state index in [1.54, 1.807) is 0 Å². The molecule has 0 bridgehead atoms. The second-order valence-corrected chi connectivity index (χ2v) is 6.70. The molecule has 2 aliphatic rings. The summed E-state index contributed by atoms with van der Waals surface area (Å²) in [6.07, 6.45) is 3.30. The lowest BCUT2D eigenvalue weighted by atomic mass is 10.2. The third-order valence-electron chi connectivity index (χ3n) is 3.73. The van der Waals surface area contributed by atoms with E-state index in [4.69, 9.17) is 4.74 Å². The molecule has 1 aliphatic carbocycles. The number of nitrogens with zero attached hydrogens (tertiary/aromatic N) is 1. The van der Waals surface area contributed by atoms with Crippen molar-refractivity contribution in [1.82, 2.24) is 10.2 Å². The Morgan fingerprint density at radius 1 is 1.44 bits per heavy atom. The Bertz CT molecular complexity index is 311. The van der Waals surface area contributed by atoms with Gasteiger partial charge < -0.3 is 15.0 Å². The maximum absolute atomic E-state index is 12.1. The molecule has 0 aromatic carbocycles. The molecule has 104 valence electrons. The van der Waals surface area contributed by atoms with Gasteiger partial charge in [-0.15, -0.1) is 0 Å². The van der Waals surface area contributed by atoms with E-state index in [0.29, 0.717) is 12.1 Å². The van der Waals surface area contributed by atoms with Crippen LogP contribution in [0.2, 0.25) is 0 Å². The Balaban J connectivity index is 1.80. The first-order valence-electron chi connectivity index (χ1n) is 7.10. The highest BCUT2D eigenvalue weighted by atomic mass is 16.6. The quantitative estimate of drug-likeness (QED) is 0.840. The summed E-state index contributed by atoms with van der Waals surface area (Å²) in [5.74, 6) is 0.807. The van der Waals surface area contributed by atoms with Gasteiger partial charge in [-0.05, 0) is 46.0 Å². The number of nitrogens with one attached hydrogen (secondary N) is 1. The van der Waals surface area contributed by atoms with Crippen LogP contribution >= 0.6 is 0 Å². The molecule has 2 rings (SSSR count). The van der Waals surface area contributed by atoms with E-state index in [2.05, 4.69) is 12.2 Å². The number of hydrogen-bond acceptors (Lipinski definition) is 3. The van der Waals surface area contributed by atoms with Gasteiger partial charge in [0.05, 0.1) is 0 Å². The lowest BCUT2D eigenvalue weighted by Gasteiger charge is -2.28. The monoisotopic (exact) mass is 254 g/mol. The van der Waals surface area contributed by atoms with Crippen LogP contribution < -0.4 is 5.32 Å². The highest BCUT2D eigenvalue weighted by molar-refractivity contribution is 5.69. The van der Waals surface area contributed by atoms with Crippen LogP contribution in [0.3, 0.4) is 0 Å². The summed E-state index contributed by atoms with van der Waals surface area (Å²) in [4.78, 5) is 14.0. The van der Waals surface area contributed by atoms with Crippen LogP contribution in [0.1, 0.15) is 47.0 Å². The van der Waals surface area contributed by atoms with E-state index in [9.17, 15) is 4.79 Å². The molecular weight excluding hydrogens is 228 g/mol. The predicted molar refractivity (Wildman–Crippen MR) is 71.5 cm³/mol. The van der Waals surface area contributed by atoms with Gasteiger partial charge in [0.1, 0.15) is 5.60 Å². The molecule has 3 atom stereocenters. The molecule has 0 spiro atoms. The van der Waals surface area contributed by atoms with Gasteiger partial charge in [0.15, 0.2) is 0 Å². The van der Waals surface area contributed by atoms with E-state index in [0.717, 1.165) is 31.8 Å². The number of carbonyl (C=O) groups is 1. The number of amides is 1. The first kappa shape index (κ1) is 13.7. The van der Waals surface area contributed by atoms with Crippen molar-refractivity contribution in [2.24, 2.45) is 5.92 Å². The van der Waals surface area contributed by atoms with Crippen molar-refractivity contribution >= 4 is 6.09 Å². The van der Waals surface area contributed by atoms with Crippen molar-refractivity contribution in [1.29, 1.82) is 0 Å². The maximum atomic E-state index is 12.1. The lowest BCUT2D eigenvalue weighted by molar-refractivity contribution is 0.0226. The molecule has 2 fully saturated rings. The van der Waals surface area contributed by atoms with E-state index in [1.165, 1.54) is 6.42 Å². The van der Waals surface area contributed by atoms with Crippen molar-refractivity contribution < 1.29 is 9.53 Å². The van der Waals surface area contributed by atoms with Gasteiger partial charge in [-0.2, -0.15) is 0 Å². The topological polar surface area (TPSA) is 41.6 Å². The molecule has 1 saturated carbocycles. The zero-order valence-corrected chi connectivity index (χ0v) is 12.0. The third kappa shape index (κ3) is 3.61. The van der Waals surface area contributed by atoms with Gasteiger partial charge >= 0.3 is 6.09 Å². The summed E-state index contributed by atoms with van der Waals surface area (Å²) in [5.41, 5.74) is -0.400. The largest absolute Gasteiger partial charge is 0.444 e. The smallest absolute Gasteiger partial charge is 0.410 e. The SMILES string of the molecule is CC1CC1NCC1CCCN1C(=O)OC(C)(C)C.